The highest BCUT2D eigenvalue weighted by Gasteiger charge is 2.01. The first-order valence-electron chi connectivity index (χ1n) is 8.04. The molecule has 0 heterocycles. The summed E-state index contributed by atoms with van der Waals surface area (Å²) in [6, 6.07) is 14.2. The van der Waals surface area contributed by atoms with Gasteiger partial charge in [0.05, 0.1) is 13.2 Å². The van der Waals surface area contributed by atoms with E-state index in [-0.39, 0.29) is 11.6 Å². The topological polar surface area (TPSA) is 94.1 Å². The number of Topliss-reactive ketones (excluding diaryl/α,β-unsaturated/α-hetero) is 1. The molecule has 0 amide bonds. The minimum Gasteiger partial charge on any atom is -0.494 e. The maximum absolute atomic E-state index is 11.2. The number of amidine groups is 1. The van der Waals surface area contributed by atoms with Crippen LogP contribution in [0.1, 0.15) is 35.7 Å². The van der Waals surface area contributed by atoms with E-state index in [1.165, 1.54) is 0 Å². The first-order chi connectivity index (χ1) is 12.1. The van der Waals surface area contributed by atoms with E-state index < -0.39 is 0 Å². The van der Waals surface area contributed by atoms with Crippen LogP contribution in [0.5, 0.6) is 11.5 Å². The minimum atomic E-state index is 0.0445. The Morgan fingerprint density at radius 1 is 0.920 bits per heavy atom. The summed E-state index contributed by atoms with van der Waals surface area (Å²) in [5.74, 6) is 1.60. The lowest BCUT2D eigenvalue weighted by Gasteiger charge is -2.08. The zero-order chi connectivity index (χ0) is 18.1. The van der Waals surface area contributed by atoms with Crippen LogP contribution in [0, 0.1) is 0 Å². The Hall–Kier alpha value is -3.02. The SMILES string of the molecule is CC(=O)c1ccc(OCCCCOc2ccc(C(N)=NO)cc2)cc1. The molecule has 0 aliphatic heterocycles. The maximum Gasteiger partial charge on any atom is 0.170 e. The highest BCUT2D eigenvalue weighted by Crippen LogP contribution is 2.14. The maximum atomic E-state index is 11.2. The molecule has 0 aromatic heterocycles. The zero-order valence-corrected chi connectivity index (χ0v) is 14.1. The number of ketones is 1. The lowest BCUT2D eigenvalue weighted by atomic mass is 10.1. The summed E-state index contributed by atoms with van der Waals surface area (Å²) >= 11 is 0. The van der Waals surface area contributed by atoms with Crippen LogP contribution in [-0.4, -0.2) is 30.0 Å². The molecule has 2 rings (SSSR count). The standard InChI is InChI=1S/C19H22N2O4/c1-14(22)15-4-8-17(9-5-15)24-12-2-3-13-25-18-10-6-16(7-11-18)19(20)21-23/h4-11,23H,2-3,12-13H2,1H3,(H2,20,21). The van der Waals surface area contributed by atoms with Gasteiger partial charge in [-0.3, -0.25) is 4.79 Å². The molecule has 0 aliphatic carbocycles. The van der Waals surface area contributed by atoms with E-state index in [0.717, 1.165) is 24.3 Å². The van der Waals surface area contributed by atoms with Crippen LogP contribution in [0.3, 0.4) is 0 Å². The molecule has 0 bridgehead atoms. The van der Waals surface area contributed by atoms with Crippen LogP contribution in [0.4, 0.5) is 0 Å². The van der Waals surface area contributed by atoms with Crippen molar-refractivity contribution in [3.8, 4) is 11.5 Å². The lowest BCUT2D eigenvalue weighted by Crippen LogP contribution is -2.12. The second kappa shape index (κ2) is 9.32. The molecular formula is C19H22N2O4. The van der Waals surface area contributed by atoms with Crippen molar-refractivity contribution >= 4 is 11.6 Å². The number of oxime groups is 1. The smallest absolute Gasteiger partial charge is 0.170 e. The number of hydrogen-bond acceptors (Lipinski definition) is 5. The summed E-state index contributed by atoms with van der Waals surface area (Å²) in [5, 5.41) is 11.6. The van der Waals surface area contributed by atoms with E-state index in [1.54, 1.807) is 55.5 Å². The lowest BCUT2D eigenvalue weighted by molar-refractivity contribution is 0.101. The van der Waals surface area contributed by atoms with Gasteiger partial charge in [0.15, 0.2) is 11.6 Å². The van der Waals surface area contributed by atoms with Crippen molar-refractivity contribution in [2.24, 2.45) is 10.9 Å². The van der Waals surface area contributed by atoms with Crippen LogP contribution in [0.25, 0.3) is 0 Å². The Morgan fingerprint density at radius 3 is 1.76 bits per heavy atom. The Labute approximate surface area is 146 Å². The molecule has 0 atom stereocenters. The second-order valence-electron chi connectivity index (χ2n) is 5.49. The van der Waals surface area contributed by atoms with Crippen molar-refractivity contribution in [3.05, 3.63) is 59.7 Å². The molecule has 0 spiro atoms. The van der Waals surface area contributed by atoms with E-state index in [1.807, 2.05) is 0 Å². The fourth-order valence-electron chi connectivity index (χ4n) is 2.15. The van der Waals surface area contributed by atoms with Crippen molar-refractivity contribution in [2.45, 2.75) is 19.8 Å². The Balaban J connectivity index is 1.64. The third-order valence-electron chi connectivity index (χ3n) is 3.59. The number of carbonyl (C=O) groups excluding carboxylic acids is 1. The van der Waals surface area contributed by atoms with Crippen LogP contribution in [0.2, 0.25) is 0 Å². The van der Waals surface area contributed by atoms with Gasteiger partial charge < -0.3 is 20.4 Å². The van der Waals surface area contributed by atoms with Gasteiger partial charge in [-0.15, -0.1) is 0 Å². The highest BCUT2D eigenvalue weighted by molar-refractivity contribution is 5.97. The van der Waals surface area contributed by atoms with Gasteiger partial charge >= 0.3 is 0 Å². The van der Waals surface area contributed by atoms with Gasteiger partial charge in [-0.25, -0.2) is 0 Å². The third kappa shape index (κ3) is 5.84. The zero-order valence-electron chi connectivity index (χ0n) is 14.1. The number of rotatable bonds is 9. The Bertz CT molecular complexity index is 709. The molecule has 6 heteroatoms. The normalized spacial score (nSPS) is 11.2. The van der Waals surface area contributed by atoms with Crippen LogP contribution < -0.4 is 15.2 Å². The Morgan fingerprint density at radius 2 is 1.36 bits per heavy atom. The van der Waals surface area contributed by atoms with E-state index in [4.69, 9.17) is 20.4 Å². The van der Waals surface area contributed by atoms with Crippen molar-refractivity contribution in [1.29, 1.82) is 0 Å². The molecular weight excluding hydrogens is 320 g/mol. The third-order valence-corrected chi connectivity index (χ3v) is 3.59. The van der Waals surface area contributed by atoms with E-state index in [0.29, 0.717) is 24.3 Å². The number of unbranched alkanes of at least 4 members (excludes halogenated alkanes) is 1. The van der Waals surface area contributed by atoms with Gasteiger partial charge in [0.25, 0.3) is 0 Å². The molecule has 6 nitrogen and oxygen atoms in total. The fourth-order valence-corrected chi connectivity index (χ4v) is 2.15. The molecule has 2 aromatic carbocycles. The molecule has 0 saturated heterocycles. The molecule has 132 valence electrons. The quantitative estimate of drug-likeness (QED) is 0.182. The molecule has 0 aliphatic rings. The fraction of sp³-hybridized carbons (Fsp3) is 0.263. The van der Waals surface area contributed by atoms with Gasteiger partial charge in [0, 0.05) is 11.1 Å². The summed E-state index contributed by atoms with van der Waals surface area (Å²) in [6.45, 7) is 2.71. The van der Waals surface area contributed by atoms with Crippen LogP contribution in [0.15, 0.2) is 53.7 Å². The van der Waals surface area contributed by atoms with Gasteiger partial charge in [-0.2, -0.15) is 0 Å². The summed E-state index contributed by atoms with van der Waals surface area (Å²) < 4.78 is 11.3. The largest absolute Gasteiger partial charge is 0.494 e. The van der Waals surface area contributed by atoms with Crippen LogP contribution in [-0.2, 0) is 0 Å². The molecule has 0 radical (unpaired) electrons. The van der Waals surface area contributed by atoms with Crippen molar-refractivity contribution in [3.63, 3.8) is 0 Å². The molecule has 0 saturated carbocycles. The number of carbonyl (C=O) groups is 1. The minimum absolute atomic E-state index is 0.0445. The van der Waals surface area contributed by atoms with Crippen molar-refractivity contribution in [2.75, 3.05) is 13.2 Å². The number of nitrogens with two attached hydrogens (primary N) is 1. The summed E-state index contributed by atoms with van der Waals surface area (Å²) in [7, 11) is 0. The average Bonchev–Trinajstić information content (AvgIpc) is 2.64. The average molecular weight is 342 g/mol. The Kier molecular flexibility index (Phi) is 6.83. The number of hydrogen-bond donors (Lipinski definition) is 2. The predicted octanol–water partition coefficient (Wildman–Crippen LogP) is 3.22. The van der Waals surface area contributed by atoms with Gasteiger partial charge in [-0.1, -0.05) is 5.16 Å². The van der Waals surface area contributed by atoms with E-state index in [2.05, 4.69) is 5.16 Å². The van der Waals surface area contributed by atoms with Crippen molar-refractivity contribution < 1.29 is 19.5 Å². The molecule has 2 aromatic rings. The summed E-state index contributed by atoms with van der Waals surface area (Å²) in [4.78, 5) is 11.2. The second-order valence-corrected chi connectivity index (χ2v) is 5.49. The number of nitrogens with zero attached hydrogens (tertiary/aromatic N) is 1. The van der Waals surface area contributed by atoms with E-state index >= 15 is 0 Å². The predicted molar refractivity (Wildman–Crippen MR) is 95.6 cm³/mol. The van der Waals surface area contributed by atoms with Gasteiger partial charge in [-0.05, 0) is 68.3 Å². The highest BCUT2D eigenvalue weighted by atomic mass is 16.5. The molecule has 0 unspecified atom stereocenters. The number of benzene rings is 2. The first kappa shape index (κ1) is 18.3. The van der Waals surface area contributed by atoms with Crippen LogP contribution >= 0.6 is 0 Å². The summed E-state index contributed by atoms with van der Waals surface area (Å²) in [6.07, 6.45) is 1.71. The molecule has 3 N–H and O–H groups in total. The molecule has 0 fully saturated rings. The molecule has 25 heavy (non-hydrogen) atoms. The van der Waals surface area contributed by atoms with E-state index in [9.17, 15) is 4.79 Å². The van der Waals surface area contributed by atoms with Gasteiger partial charge in [0.1, 0.15) is 11.5 Å². The van der Waals surface area contributed by atoms with Crippen molar-refractivity contribution in [1.82, 2.24) is 0 Å². The summed E-state index contributed by atoms with van der Waals surface area (Å²) in [5.41, 5.74) is 6.82. The first-order valence-corrected chi connectivity index (χ1v) is 8.04. The van der Waals surface area contributed by atoms with Gasteiger partial charge in [0.2, 0.25) is 0 Å². The number of ether oxygens (including phenoxy) is 2. The monoisotopic (exact) mass is 342 g/mol.